The second kappa shape index (κ2) is 5.72. The number of imidazole rings is 1. The van der Waals surface area contributed by atoms with Gasteiger partial charge in [0.15, 0.2) is 5.65 Å². The molecule has 0 saturated carbocycles. The Bertz CT molecular complexity index is 711. The first-order valence-corrected chi connectivity index (χ1v) is 7.88. The molecular weight excluding hydrogens is 294 g/mol. The third-order valence-electron chi connectivity index (χ3n) is 3.77. The fourth-order valence-corrected chi connectivity index (χ4v) is 2.59. The van der Waals surface area contributed by atoms with E-state index in [1.807, 2.05) is 50.5 Å². The van der Waals surface area contributed by atoms with Crippen LogP contribution in [0, 0.1) is 6.92 Å². The summed E-state index contributed by atoms with van der Waals surface area (Å²) in [6.07, 6.45) is 1.57. The molecule has 0 radical (unpaired) electrons. The summed E-state index contributed by atoms with van der Waals surface area (Å²) in [6, 6.07) is 3.94. The molecule has 1 amide bonds. The third kappa shape index (κ3) is 3.38. The van der Waals surface area contributed by atoms with Crippen LogP contribution in [0.2, 0.25) is 0 Å². The Labute approximate surface area is 135 Å². The van der Waals surface area contributed by atoms with E-state index in [1.54, 1.807) is 4.90 Å². The molecule has 1 fully saturated rings. The van der Waals surface area contributed by atoms with Gasteiger partial charge >= 0.3 is 6.09 Å². The summed E-state index contributed by atoms with van der Waals surface area (Å²) >= 11 is 0. The molecule has 1 aliphatic rings. The molecule has 7 heteroatoms. The maximum atomic E-state index is 12.1. The van der Waals surface area contributed by atoms with Gasteiger partial charge in [-0.25, -0.2) is 14.3 Å². The second-order valence-electron chi connectivity index (χ2n) is 6.82. The molecule has 124 valence electrons. The third-order valence-corrected chi connectivity index (χ3v) is 3.77. The van der Waals surface area contributed by atoms with E-state index in [-0.39, 0.29) is 6.09 Å². The molecule has 0 unspecified atom stereocenters. The number of amides is 1. The highest BCUT2D eigenvalue weighted by atomic mass is 16.6. The van der Waals surface area contributed by atoms with Crippen LogP contribution in [0.4, 0.5) is 10.6 Å². The molecule has 1 saturated heterocycles. The van der Waals surface area contributed by atoms with Gasteiger partial charge in [-0.3, -0.25) is 0 Å². The van der Waals surface area contributed by atoms with Crippen molar-refractivity contribution >= 4 is 17.6 Å². The van der Waals surface area contributed by atoms with Gasteiger partial charge in [0.25, 0.3) is 0 Å². The van der Waals surface area contributed by atoms with Gasteiger partial charge in [-0.2, -0.15) is 0 Å². The number of anilines is 1. The lowest BCUT2D eigenvalue weighted by atomic mass is 10.2. The Morgan fingerprint density at radius 3 is 2.52 bits per heavy atom. The number of aryl methyl sites for hydroxylation is 1. The summed E-state index contributed by atoms with van der Waals surface area (Å²) in [7, 11) is 0. The maximum absolute atomic E-state index is 12.1. The van der Waals surface area contributed by atoms with E-state index in [9.17, 15) is 4.79 Å². The molecule has 3 heterocycles. The Morgan fingerprint density at radius 2 is 1.87 bits per heavy atom. The monoisotopic (exact) mass is 317 g/mol. The molecular formula is C16H23N5O2. The summed E-state index contributed by atoms with van der Waals surface area (Å²) in [5.41, 5.74) is 1.40. The topological polar surface area (TPSA) is 63.0 Å². The van der Waals surface area contributed by atoms with E-state index in [2.05, 4.69) is 15.0 Å². The first kappa shape index (κ1) is 15.6. The van der Waals surface area contributed by atoms with Gasteiger partial charge in [-0.1, -0.05) is 0 Å². The van der Waals surface area contributed by atoms with Crippen molar-refractivity contribution in [2.24, 2.45) is 0 Å². The normalized spacial score (nSPS) is 16.0. The molecule has 0 bridgehead atoms. The van der Waals surface area contributed by atoms with Crippen LogP contribution >= 0.6 is 0 Å². The van der Waals surface area contributed by atoms with Crippen molar-refractivity contribution in [1.82, 2.24) is 19.5 Å². The van der Waals surface area contributed by atoms with Crippen molar-refractivity contribution in [2.45, 2.75) is 33.3 Å². The molecule has 7 nitrogen and oxygen atoms in total. The number of rotatable bonds is 1. The fraction of sp³-hybridized carbons (Fsp3) is 0.562. The largest absolute Gasteiger partial charge is 0.444 e. The van der Waals surface area contributed by atoms with E-state index < -0.39 is 5.60 Å². The quantitative estimate of drug-likeness (QED) is 0.806. The van der Waals surface area contributed by atoms with E-state index >= 15 is 0 Å². The van der Waals surface area contributed by atoms with Crippen LogP contribution in [0.25, 0.3) is 5.65 Å². The average Bonchev–Trinajstić information content (AvgIpc) is 2.87. The highest BCUT2D eigenvalue weighted by Gasteiger charge is 2.26. The molecule has 23 heavy (non-hydrogen) atoms. The maximum Gasteiger partial charge on any atom is 0.410 e. The number of hydrogen-bond acceptors (Lipinski definition) is 5. The van der Waals surface area contributed by atoms with Crippen molar-refractivity contribution < 1.29 is 9.53 Å². The van der Waals surface area contributed by atoms with Crippen LogP contribution in [0.5, 0.6) is 0 Å². The second-order valence-corrected chi connectivity index (χ2v) is 6.82. The predicted molar refractivity (Wildman–Crippen MR) is 87.7 cm³/mol. The van der Waals surface area contributed by atoms with Gasteiger partial charge in [-0.15, -0.1) is 5.10 Å². The zero-order valence-corrected chi connectivity index (χ0v) is 14.1. The summed E-state index contributed by atoms with van der Waals surface area (Å²) in [5.74, 6) is 0.905. The van der Waals surface area contributed by atoms with Crippen molar-refractivity contribution in [2.75, 3.05) is 31.1 Å². The minimum Gasteiger partial charge on any atom is -0.444 e. The van der Waals surface area contributed by atoms with E-state index in [0.29, 0.717) is 13.1 Å². The number of fused-ring (bicyclic) bond motifs is 1. The zero-order chi connectivity index (χ0) is 16.6. The van der Waals surface area contributed by atoms with Gasteiger partial charge in [0.1, 0.15) is 11.4 Å². The van der Waals surface area contributed by atoms with Crippen molar-refractivity contribution in [3.8, 4) is 0 Å². The number of hydrogen-bond donors (Lipinski definition) is 0. The minimum absolute atomic E-state index is 0.244. The van der Waals surface area contributed by atoms with Crippen LogP contribution in [-0.2, 0) is 4.74 Å². The number of carbonyl (C=O) groups is 1. The van der Waals surface area contributed by atoms with Gasteiger partial charge in [0.2, 0.25) is 0 Å². The fourth-order valence-electron chi connectivity index (χ4n) is 2.59. The molecule has 2 aromatic heterocycles. The van der Waals surface area contributed by atoms with Crippen molar-refractivity contribution in [3.05, 3.63) is 24.0 Å². The molecule has 0 atom stereocenters. The highest BCUT2D eigenvalue weighted by molar-refractivity contribution is 5.68. The van der Waals surface area contributed by atoms with Gasteiger partial charge in [0, 0.05) is 26.2 Å². The molecule has 3 rings (SSSR count). The molecule has 0 spiro atoms. The summed E-state index contributed by atoms with van der Waals surface area (Å²) in [4.78, 5) is 20.3. The molecule has 2 aromatic rings. The molecule has 0 N–H and O–H groups in total. The number of carbonyl (C=O) groups excluding carboxylic acids is 1. The summed E-state index contributed by atoms with van der Waals surface area (Å²) in [5, 5.41) is 4.63. The smallest absolute Gasteiger partial charge is 0.410 e. The van der Waals surface area contributed by atoms with Crippen LogP contribution in [0.1, 0.15) is 26.5 Å². The lowest BCUT2D eigenvalue weighted by Gasteiger charge is -2.36. The Kier molecular flexibility index (Phi) is 3.87. The zero-order valence-electron chi connectivity index (χ0n) is 14.1. The van der Waals surface area contributed by atoms with E-state index in [1.165, 1.54) is 0 Å². The highest BCUT2D eigenvalue weighted by Crippen LogP contribution is 2.17. The Hall–Kier alpha value is -2.31. The molecule has 0 aromatic carbocycles. The number of ether oxygens (including phenoxy) is 1. The van der Waals surface area contributed by atoms with Gasteiger partial charge < -0.3 is 14.5 Å². The summed E-state index contributed by atoms with van der Waals surface area (Å²) in [6.45, 7) is 10.4. The van der Waals surface area contributed by atoms with Crippen LogP contribution in [0.3, 0.4) is 0 Å². The lowest BCUT2D eigenvalue weighted by molar-refractivity contribution is 0.0240. The minimum atomic E-state index is -0.459. The Balaban J connectivity index is 1.66. The van der Waals surface area contributed by atoms with Crippen LogP contribution in [-0.4, -0.2) is 57.4 Å². The average molecular weight is 317 g/mol. The number of piperazine rings is 1. The number of nitrogens with zero attached hydrogens (tertiary/aromatic N) is 5. The predicted octanol–water partition coefficient (Wildman–Crippen LogP) is 2.09. The number of aromatic nitrogens is 3. The first-order chi connectivity index (χ1) is 10.8. The lowest BCUT2D eigenvalue weighted by Crippen LogP contribution is -2.50. The van der Waals surface area contributed by atoms with Crippen LogP contribution in [0.15, 0.2) is 18.3 Å². The summed E-state index contributed by atoms with van der Waals surface area (Å²) < 4.78 is 7.26. The van der Waals surface area contributed by atoms with E-state index in [4.69, 9.17) is 4.74 Å². The van der Waals surface area contributed by atoms with Crippen molar-refractivity contribution in [3.63, 3.8) is 0 Å². The van der Waals surface area contributed by atoms with Crippen molar-refractivity contribution in [1.29, 1.82) is 0 Å². The van der Waals surface area contributed by atoms with Gasteiger partial charge in [0.05, 0.1) is 11.9 Å². The van der Waals surface area contributed by atoms with Crippen LogP contribution < -0.4 is 4.90 Å². The molecule has 1 aliphatic heterocycles. The SMILES string of the molecule is Cc1cnc2ccc(N3CCN(C(=O)OC(C)(C)C)CC3)nn12. The standard InChI is InChI=1S/C16H23N5O2/c1-12-11-17-13-5-6-14(18-21(12)13)19-7-9-20(10-8-19)15(22)23-16(2,3)4/h5-6,11H,7-10H2,1-4H3. The molecule has 0 aliphatic carbocycles. The first-order valence-electron chi connectivity index (χ1n) is 7.88. The van der Waals surface area contributed by atoms with Gasteiger partial charge in [-0.05, 0) is 39.8 Å². The Morgan fingerprint density at radius 1 is 1.17 bits per heavy atom. The van der Waals surface area contributed by atoms with E-state index in [0.717, 1.165) is 30.2 Å².